The standard InChI is InChI=1S/C17H21N5/c1-12(7-9-18-2)17-16(19-15-4-3-10-21(15)17)14-8-11-22(20-14)13-5-6-13/h7-9,11,13,18H,1,3-6,10H2,2H3/b9-7-. The molecule has 1 fully saturated rings. The van der Waals surface area contributed by atoms with E-state index in [1.54, 1.807) is 0 Å². The smallest absolute Gasteiger partial charge is 0.117 e. The first-order valence-corrected chi connectivity index (χ1v) is 7.96. The van der Waals surface area contributed by atoms with Crippen LogP contribution in [0.5, 0.6) is 0 Å². The summed E-state index contributed by atoms with van der Waals surface area (Å²) < 4.78 is 4.38. The van der Waals surface area contributed by atoms with Crippen LogP contribution in [0.1, 0.15) is 36.8 Å². The number of rotatable bonds is 5. The number of fused-ring (bicyclic) bond motifs is 1. The van der Waals surface area contributed by atoms with Crippen LogP contribution in [0.4, 0.5) is 0 Å². The van der Waals surface area contributed by atoms with Crippen molar-refractivity contribution in [2.75, 3.05) is 7.05 Å². The van der Waals surface area contributed by atoms with Crippen molar-refractivity contribution in [2.24, 2.45) is 0 Å². The molecule has 0 amide bonds. The number of aromatic nitrogens is 4. The third kappa shape index (κ3) is 2.17. The first-order chi connectivity index (χ1) is 10.8. The third-order valence-electron chi connectivity index (χ3n) is 4.36. The number of aryl methyl sites for hydroxylation is 1. The van der Waals surface area contributed by atoms with Gasteiger partial charge in [0, 0.05) is 26.2 Å². The first kappa shape index (κ1) is 13.4. The summed E-state index contributed by atoms with van der Waals surface area (Å²) in [5.74, 6) is 1.16. The maximum absolute atomic E-state index is 4.86. The van der Waals surface area contributed by atoms with Crippen LogP contribution in [0.25, 0.3) is 17.0 Å². The Morgan fingerprint density at radius 2 is 2.32 bits per heavy atom. The van der Waals surface area contributed by atoms with Crippen molar-refractivity contribution in [3.05, 3.63) is 42.6 Å². The highest BCUT2D eigenvalue weighted by molar-refractivity contribution is 5.80. The fourth-order valence-corrected chi connectivity index (χ4v) is 3.10. The van der Waals surface area contributed by atoms with Gasteiger partial charge in [-0.3, -0.25) is 4.68 Å². The summed E-state index contributed by atoms with van der Waals surface area (Å²) in [6, 6.07) is 2.67. The van der Waals surface area contributed by atoms with Gasteiger partial charge in [0.05, 0.1) is 11.7 Å². The maximum Gasteiger partial charge on any atom is 0.117 e. The van der Waals surface area contributed by atoms with Gasteiger partial charge in [-0.05, 0) is 43.2 Å². The van der Waals surface area contributed by atoms with E-state index in [1.165, 1.54) is 12.8 Å². The second-order valence-corrected chi connectivity index (χ2v) is 6.04. The summed E-state index contributed by atoms with van der Waals surface area (Å²) in [7, 11) is 1.89. The topological polar surface area (TPSA) is 47.7 Å². The molecule has 2 aliphatic rings. The molecule has 1 aliphatic carbocycles. The molecule has 4 rings (SSSR count). The van der Waals surface area contributed by atoms with Crippen LogP contribution >= 0.6 is 0 Å². The highest BCUT2D eigenvalue weighted by Gasteiger charge is 2.27. The largest absolute Gasteiger partial charge is 0.394 e. The molecule has 1 aliphatic heterocycles. The molecule has 0 aromatic carbocycles. The van der Waals surface area contributed by atoms with Crippen molar-refractivity contribution >= 4 is 5.57 Å². The number of allylic oxidation sites excluding steroid dienone is 2. The predicted molar refractivity (Wildman–Crippen MR) is 87.3 cm³/mol. The van der Waals surface area contributed by atoms with E-state index in [4.69, 9.17) is 10.1 Å². The van der Waals surface area contributed by atoms with Crippen LogP contribution in [0.2, 0.25) is 0 Å². The summed E-state index contributed by atoms with van der Waals surface area (Å²) in [5, 5.41) is 7.76. The van der Waals surface area contributed by atoms with E-state index in [-0.39, 0.29) is 0 Å². The zero-order valence-electron chi connectivity index (χ0n) is 12.9. The number of hydrogen-bond acceptors (Lipinski definition) is 3. The minimum Gasteiger partial charge on any atom is -0.394 e. The van der Waals surface area contributed by atoms with Gasteiger partial charge < -0.3 is 9.88 Å². The van der Waals surface area contributed by atoms with Gasteiger partial charge in [-0.15, -0.1) is 0 Å². The lowest BCUT2D eigenvalue weighted by Gasteiger charge is -2.07. The molecular weight excluding hydrogens is 274 g/mol. The Kier molecular flexibility index (Phi) is 3.13. The van der Waals surface area contributed by atoms with Crippen LogP contribution in [0, 0.1) is 0 Å². The zero-order chi connectivity index (χ0) is 15.1. The number of imidazole rings is 1. The molecule has 114 valence electrons. The molecule has 0 radical (unpaired) electrons. The number of hydrogen-bond donors (Lipinski definition) is 1. The Bertz CT molecular complexity index is 745. The molecule has 5 nitrogen and oxygen atoms in total. The predicted octanol–water partition coefficient (Wildman–Crippen LogP) is 2.77. The summed E-state index contributed by atoms with van der Waals surface area (Å²) in [6.07, 6.45) is 10.7. The minimum absolute atomic E-state index is 0.596. The molecule has 1 saturated carbocycles. The molecule has 22 heavy (non-hydrogen) atoms. The van der Waals surface area contributed by atoms with Crippen LogP contribution in [-0.4, -0.2) is 26.4 Å². The summed E-state index contributed by atoms with van der Waals surface area (Å²) in [4.78, 5) is 4.86. The van der Waals surface area contributed by atoms with Crippen molar-refractivity contribution < 1.29 is 0 Å². The Morgan fingerprint density at radius 3 is 3.09 bits per heavy atom. The van der Waals surface area contributed by atoms with E-state index >= 15 is 0 Å². The van der Waals surface area contributed by atoms with Crippen molar-refractivity contribution in [3.8, 4) is 11.4 Å². The maximum atomic E-state index is 4.86. The molecule has 2 aromatic heterocycles. The van der Waals surface area contributed by atoms with E-state index in [0.717, 1.165) is 47.9 Å². The second kappa shape index (κ2) is 5.16. The fourth-order valence-electron chi connectivity index (χ4n) is 3.10. The van der Waals surface area contributed by atoms with E-state index in [9.17, 15) is 0 Å². The summed E-state index contributed by atoms with van der Waals surface area (Å²) in [5.41, 5.74) is 4.02. The summed E-state index contributed by atoms with van der Waals surface area (Å²) >= 11 is 0. The van der Waals surface area contributed by atoms with E-state index in [1.807, 2.05) is 19.3 Å². The quantitative estimate of drug-likeness (QED) is 0.863. The van der Waals surface area contributed by atoms with Crippen molar-refractivity contribution in [1.82, 2.24) is 24.6 Å². The van der Waals surface area contributed by atoms with E-state index in [2.05, 4.69) is 33.4 Å². The Balaban J connectivity index is 1.77. The van der Waals surface area contributed by atoms with Gasteiger partial charge in [-0.2, -0.15) is 5.10 Å². The van der Waals surface area contributed by atoms with Gasteiger partial charge in [0.2, 0.25) is 0 Å². The van der Waals surface area contributed by atoms with Crippen LogP contribution in [0.15, 0.2) is 31.1 Å². The molecule has 0 atom stereocenters. The number of nitrogens with one attached hydrogen (secondary N) is 1. The molecule has 0 unspecified atom stereocenters. The average molecular weight is 295 g/mol. The van der Waals surface area contributed by atoms with Gasteiger partial charge in [0.1, 0.15) is 17.2 Å². The Labute approximate surface area is 130 Å². The molecule has 5 heteroatoms. The molecule has 0 saturated heterocycles. The Hall–Kier alpha value is -2.30. The Morgan fingerprint density at radius 1 is 1.45 bits per heavy atom. The minimum atomic E-state index is 0.596. The SMILES string of the molecule is C=C(/C=C\NC)c1c(-c2ccn(C3CC3)n2)nc2n1CCC2. The highest BCUT2D eigenvalue weighted by Crippen LogP contribution is 2.36. The lowest BCUT2D eigenvalue weighted by molar-refractivity contribution is 0.643. The van der Waals surface area contributed by atoms with Gasteiger partial charge in [0.25, 0.3) is 0 Å². The molecule has 2 aromatic rings. The molecule has 1 N–H and O–H groups in total. The van der Waals surface area contributed by atoms with Crippen molar-refractivity contribution in [1.29, 1.82) is 0 Å². The lowest BCUT2D eigenvalue weighted by atomic mass is 10.1. The molecule has 0 bridgehead atoms. The second-order valence-electron chi connectivity index (χ2n) is 6.04. The monoisotopic (exact) mass is 295 g/mol. The first-order valence-electron chi connectivity index (χ1n) is 7.96. The zero-order valence-corrected chi connectivity index (χ0v) is 12.9. The van der Waals surface area contributed by atoms with Crippen molar-refractivity contribution in [2.45, 2.75) is 38.3 Å². The van der Waals surface area contributed by atoms with Crippen molar-refractivity contribution in [3.63, 3.8) is 0 Å². The molecule has 3 heterocycles. The van der Waals surface area contributed by atoms with E-state index in [0.29, 0.717) is 6.04 Å². The van der Waals surface area contributed by atoms with Gasteiger partial charge in [-0.1, -0.05) is 6.58 Å². The van der Waals surface area contributed by atoms with Crippen LogP contribution < -0.4 is 5.32 Å². The average Bonchev–Trinajstić information content (AvgIpc) is 2.95. The fraction of sp³-hybridized carbons (Fsp3) is 0.412. The number of nitrogens with zero attached hydrogens (tertiary/aromatic N) is 4. The third-order valence-corrected chi connectivity index (χ3v) is 4.36. The van der Waals surface area contributed by atoms with Gasteiger partial charge >= 0.3 is 0 Å². The molecule has 0 spiro atoms. The summed E-state index contributed by atoms with van der Waals surface area (Å²) in [6.45, 7) is 5.25. The van der Waals surface area contributed by atoms with Crippen LogP contribution in [-0.2, 0) is 13.0 Å². The van der Waals surface area contributed by atoms with Crippen LogP contribution in [0.3, 0.4) is 0 Å². The highest BCUT2D eigenvalue weighted by atomic mass is 15.3. The van der Waals surface area contributed by atoms with Gasteiger partial charge in [0.15, 0.2) is 0 Å². The molecular formula is C17H21N5. The van der Waals surface area contributed by atoms with E-state index < -0.39 is 0 Å². The van der Waals surface area contributed by atoms with Gasteiger partial charge in [-0.25, -0.2) is 4.98 Å². The lowest BCUT2D eigenvalue weighted by Crippen LogP contribution is -2.00. The normalized spacial score (nSPS) is 17.1.